The van der Waals surface area contributed by atoms with E-state index in [1.54, 1.807) is 0 Å². The number of nitrogens with one attached hydrogen (secondary N) is 1. The molecular weight excluding hydrogens is 250 g/mol. The summed E-state index contributed by atoms with van der Waals surface area (Å²) in [5.41, 5.74) is -0.993. The Labute approximate surface area is 93.2 Å². The van der Waals surface area contributed by atoms with E-state index < -0.39 is 29.3 Å². The minimum absolute atomic E-state index is 0.0145. The number of carbonyl (C=O) groups is 1. The fourth-order valence-corrected chi connectivity index (χ4v) is 1.30. The van der Waals surface area contributed by atoms with Crippen molar-refractivity contribution >= 4 is 23.2 Å². The number of anilines is 1. The number of carbonyl (C=O) groups excluding carboxylic acids is 1. The molecule has 0 aliphatic rings. The van der Waals surface area contributed by atoms with E-state index in [1.165, 1.54) is 0 Å². The molecule has 0 spiro atoms. The molecule has 0 heterocycles. The normalized spacial score (nSPS) is 11.3. The number of amides is 1. The third kappa shape index (κ3) is 3.10. The van der Waals surface area contributed by atoms with Crippen LogP contribution in [-0.2, 0) is 11.0 Å². The van der Waals surface area contributed by atoms with Crippen LogP contribution in [0.2, 0.25) is 5.02 Å². The summed E-state index contributed by atoms with van der Waals surface area (Å²) in [6.07, 6.45) is -4.56. The van der Waals surface area contributed by atoms with Gasteiger partial charge in [0.2, 0.25) is 0 Å². The third-order valence-corrected chi connectivity index (χ3v) is 1.99. The van der Waals surface area contributed by atoms with Crippen molar-refractivity contribution in [3.8, 4) is 0 Å². The Morgan fingerprint density at radius 1 is 1.38 bits per heavy atom. The molecule has 0 bridgehead atoms. The van der Waals surface area contributed by atoms with E-state index in [0.717, 1.165) is 18.2 Å². The number of hydrogen-bond donors (Lipinski definition) is 1. The summed E-state index contributed by atoms with van der Waals surface area (Å²) >= 11 is 5.38. The lowest BCUT2D eigenvalue weighted by atomic mass is 10.2. The maximum Gasteiger partial charge on any atom is 0.417 e. The number of halogens is 5. The maximum absolute atomic E-state index is 12.3. The number of benzene rings is 1. The molecule has 1 rings (SSSR count). The lowest BCUT2D eigenvalue weighted by Crippen LogP contribution is -2.13. The van der Waals surface area contributed by atoms with Crippen LogP contribution in [-0.4, -0.2) is 12.6 Å². The van der Waals surface area contributed by atoms with Crippen molar-refractivity contribution in [3.63, 3.8) is 0 Å². The van der Waals surface area contributed by atoms with Crippen LogP contribution in [0, 0.1) is 0 Å². The van der Waals surface area contributed by atoms with Gasteiger partial charge in [-0.2, -0.15) is 13.2 Å². The number of rotatable bonds is 2. The highest BCUT2D eigenvalue weighted by Crippen LogP contribution is 2.35. The second-order valence-electron chi connectivity index (χ2n) is 2.87. The molecule has 0 radical (unpaired) electrons. The van der Waals surface area contributed by atoms with Gasteiger partial charge >= 0.3 is 6.18 Å². The predicted molar refractivity (Wildman–Crippen MR) is 51.1 cm³/mol. The minimum Gasteiger partial charge on any atom is -0.324 e. The second kappa shape index (κ2) is 4.69. The summed E-state index contributed by atoms with van der Waals surface area (Å²) in [6.45, 7) is -1.25. The molecule has 0 aliphatic carbocycles. The van der Waals surface area contributed by atoms with Crippen LogP contribution in [0.3, 0.4) is 0 Å². The molecule has 88 valence electrons. The van der Waals surface area contributed by atoms with Gasteiger partial charge in [-0.25, -0.2) is 4.39 Å². The van der Waals surface area contributed by atoms with Gasteiger partial charge in [-0.15, -0.1) is 0 Å². The molecule has 16 heavy (non-hydrogen) atoms. The van der Waals surface area contributed by atoms with Gasteiger partial charge in [0.15, 0.2) is 6.67 Å². The van der Waals surface area contributed by atoms with Crippen LogP contribution in [0.25, 0.3) is 0 Å². The van der Waals surface area contributed by atoms with Crippen LogP contribution >= 0.6 is 11.6 Å². The van der Waals surface area contributed by atoms with E-state index in [0.29, 0.717) is 0 Å². The molecule has 1 amide bonds. The van der Waals surface area contributed by atoms with Gasteiger partial charge in [-0.05, 0) is 18.2 Å². The first kappa shape index (κ1) is 12.8. The second-order valence-corrected chi connectivity index (χ2v) is 3.28. The summed E-state index contributed by atoms with van der Waals surface area (Å²) in [4.78, 5) is 10.6. The largest absolute Gasteiger partial charge is 0.417 e. The zero-order chi connectivity index (χ0) is 12.3. The Kier molecular flexibility index (Phi) is 3.74. The van der Waals surface area contributed by atoms with Crippen molar-refractivity contribution < 1.29 is 22.4 Å². The van der Waals surface area contributed by atoms with Crippen molar-refractivity contribution in [2.45, 2.75) is 6.18 Å². The molecular formula is C9H6ClF4NO. The molecule has 2 nitrogen and oxygen atoms in total. The maximum atomic E-state index is 12.3. The van der Waals surface area contributed by atoms with Gasteiger partial charge < -0.3 is 5.32 Å². The number of hydrogen-bond acceptors (Lipinski definition) is 1. The highest BCUT2D eigenvalue weighted by Gasteiger charge is 2.33. The van der Waals surface area contributed by atoms with Gasteiger partial charge in [0.1, 0.15) is 0 Å². The molecule has 0 fully saturated rings. The van der Waals surface area contributed by atoms with E-state index in [1.807, 2.05) is 5.32 Å². The highest BCUT2D eigenvalue weighted by molar-refractivity contribution is 6.31. The Bertz CT molecular complexity index is 405. The average Bonchev–Trinajstić information content (AvgIpc) is 2.15. The average molecular weight is 256 g/mol. The fraction of sp³-hybridized carbons (Fsp3) is 0.222. The molecule has 1 aromatic rings. The first-order valence-electron chi connectivity index (χ1n) is 4.07. The Morgan fingerprint density at radius 3 is 2.44 bits per heavy atom. The van der Waals surface area contributed by atoms with Gasteiger partial charge in [0, 0.05) is 5.69 Å². The van der Waals surface area contributed by atoms with E-state index in [2.05, 4.69) is 0 Å². The highest BCUT2D eigenvalue weighted by atomic mass is 35.5. The first-order valence-corrected chi connectivity index (χ1v) is 4.45. The molecule has 0 saturated carbocycles. The monoisotopic (exact) mass is 255 g/mol. The molecule has 0 aliphatic heterocycles. The van der Waals surface area contributed by atoms with Crippen LogP contribution in [0.4, 0.5) is 23.2 Å². The van der Waals surface area contributed by atoms with E-state index in [4.69, 9.17) is 11.6 Å². The van der Waals surface area contributed by atoms with Gasteiger partial charge in [0.05, 0.1) is 10.6 Å². The molecule has 1 N–H and O–H groups in total. The van der Waals surface area contributed by atoms with E-state index in [9.17, 15) is 22.4 Å². The summed E-state index contributed by atoms with van der Waals surface area (Å²) in [5.74, 6) is -0.948. The molecule has 0 atom stereocenters. The lowest BCUT2D eigenvalue weighted by molar-refractivity contribution is -0.137. The van der Waals surface area contributed by atoms with Crippen LogP contribution in [0.1, 0.15) is 5.56 Å². The lowest BCUT2D eigenvalue weighted by Gasteiger charge is -2.10. The smallest absolute Gasteiger partial charge is 0.324 e. The van der Waals surface area contributed by atoms with E-state index in [-0.39, 0.29) is 5.69 Å². The van der Waals surface area contributed by atoms with Crippen LogP contribution < -0.4 is 5.32 Å². The first-order chi connectivity index (χ1) is 7.34. The molecule has 0 saturated heterocycles. The summed E-state index contributed by atoms with van der Waals surface area (Å²) in [6, 6.07) is 2.64. The molecule has 0 unspecified atom stereocenters. The summed E-state index contributed by atoms with van der Waals surface area (Å²) in [5, 5.41) is 1.49. The Hall–Kier alpha value is -1.30. The summed E-state index contributed by atoms with van der Waals surface area (Å²) in [7, 11) is 0. The van der Waals surface area contributed by atoms with Crippen molar-refractivity contribution in [2.24, 2.45) is 0 Å². The van der Waals surface area contributed by atoms with Gasteiger partial charge in [-0.1, -0.05) is 11.6 Å². The van der Waals surface area contributed by atoms with Crippen LogP contribution in [0.5, 0.6) is 0 Å². The number of alkyl halides is 4. The zero-order valence-corrected chi connectivity index (χ0v) is 8.49. The molecule has 7 heteroatoms. The quantitative estimate of drug-likeness (QED) is 0.808. The van der Waals surface area contributed by atoms with Crippen molar-refractivity contribution in [1.82, 2.24) is 0 Å². The minimum atomic E-state index is -4.56. The standard InChI is InChI=1S/C9H6ClF4NO/c10-7-3-5(15-8(16)4-11)1-2-6(7)9(12,13)14/h1-3H,4H2,(H,15,16). The summed E-state index contributed by atoms with van der Waals surface area (Å²) < 4.78 is 48.6. The topological polar surface area (TPSA) is 29.1 Å². The Morgan fingerprint density at radius 2 is 2.00 bits per heavy atom. The fourth-order valence-electron chi connectivity index (χ4n) is 1.02. The van der Waals surface area contributed by atoms with Crippen molar-refractivity contribution in [2.75, 3.05) is 12.0 Å². The molecule has 1 aromatic carbocycles. The van der Waals surface area contributed by atoms with Gasteiger partial charge in [0.25, 0.3) is 5.91 Å². The molecule has 0 aromatic heterocycles. The van der Waals surface area contributed by atoms with Crippen molar-refractivity contribution in [1.29, 1.82) is 0 Å². The zero-order valence-electron chi connectivity index (χ0n) is 7.74. The van der Waals surface area contributed by atoms with Gasteiger partial charge in [-0.3, -0.25) is 4.79 Å². The Balaban J connectivity index is 2.96. The SMILES string of the molecule is O=C(CF)Nc1ccc(C(F)(F)F)c(Cl)c1. The predicted octanol–water partition coefficient (Wildman–Crippen LogP) is 3.27. The van der Waals surface area contributed by atoms with Crippen LogP contribution in [0.15, 0.2) is 18.2 Å². The third-order valence-electron chi connectivity index (χ3n) is 1.68. The van der Waals surface area contributed by atoms with E-state index >= 15 is 0 Å². The van der Waals surface area contributed by atoms with Crippen molar-refractivity contribution in [3.05, 3.63) is 28.8 Å².